The summed E-state index contributed by atoms with van der Waals surface area (Å²) in [5.41, 5.74) is 2.58. The summed E-state index contributed by atoms with van der Waals surface area (Å²) in [4.78, 5) is 4.12. The molecule has 1 N–H and O–H groups in total. The zero-order valence-electron chi connectivity index (χ0n) is 11.8. The van der Waals surface area contributed by atoms with Crippen LogP contribution in [0.3, 0.4) is 0 Å². The molecule has 0 aliphatic carbocycles. The molecular weight excluding hydrogens is 278 g/mol. The molecule has 0 fully saturated rings. The molecule has 108 valence electrons. The van der Waals surface area contributed by atoms with Gasteiger partial charge in [-0.3, -0.25) is 4.68 Å². The number of ether oxygens (including phenoxy) is 1. The lowest BCUT2D eigenvalue weighted by Crippen LogP contribution is -2.16. The van der Waals surface area contributed by atoms with Crippen molar-refractivity contribution in [2.24, 2.45) is 7.05 Å². The average Bonchev–Trinajstić information content (AvgIpc) is 2.66. The normalized spacial score (nSPS) is 12.4. The van der Waals surface area contributed by atoms with Crippen molar-refractivity contribution in [2.75, 3.05) is 7.11 Å². The number of aliphatic hydroxyl groups excluding tert-OH is 1. The molecule has 2 aromatic heterocycles. The van der Waals surface area contributed by atoms with E-state index in [-0.39, 0.29) is 0 Å². The second kappa shape index (κ2) is 6.24. The zero-order valence-corrected chi connectivity index (χ0v) is 12.6. The van der Waals surface area contributed by atoms with E-state index >= 15 is 0 Å². The van der Waals surface area contributed by atoms with Gasteiger partial charge in [0.15, 0.2) is 0 Å². The first-order chi connectivity index (χ1) is 9.51. The van der Waals surface area contributed by atoms with Crippen LogP contribution in [-0.2, 0) is 19.9 Å². The fourth-order valence-corrected chi connectivity index (χ4v) is 2.36. The monoisotopic (exact) mass is 295 g/mol. The number of hydrogen-bond acceptors (Lipinski definition) is 4. The van der Waals surface area contributed by atoms with Gasteiger partial charge in [-0.05, 0) is 12.5 Å². The van der Waals surface area contributed by atoms with E-state index in [0.717, 1.165) is 17.0 Å². The molecule has 0 radical (unpaired) electrons. The van der Waals surface area contributed by atoms with Crippen LogP contribution in [0.25, 0.3) is 0 Å². The van der Waals surface area contributed by atoms with Crippen LogP contribution in [0.1, 0.15) is 17.0 Å². The molecule has 2 rings (SSSR count). The first-order valence-electron chi connectivity index (χ1n) is 6.36. The summed E-state index contributed by atoms with van der Waals surface area (Å²) in [7, 11) is 3.40. The fourth-order valence-electron chi connectivity index (χ4n) is 2.12. The minimum atomic E-state index is -0.530. The maximum Gasteiger partial charge on any atom is 0.212 e. The molecule has 0 aliphatic rings. The number of halogens is 1. The van der Waals surface area contributed by atoms with Crippen molar-refractivity contribution in [1.29, 1.82) is 0 Å². The number of aromatic nitrogens is 3. The lowest BCUT2D eigenvalue weighted by Gasteiger charge is -2.11. The van der Waals surface area contributed by atoms with Crippen molar-refractivity contribution in [3.63, 3.8) is 0 Å². The first kappa shape index (κ1) is 14.8. The lowest BCUT2D eigenvalue weighted by atomic mass is 10.1. The molecular formula is C14H18ClN3O2. The van der Waals surface area contributed by atoms with Gasteiger partial charge in [-0.1, -0.05) is 17.7 Å². The maximum atomic E-state index is 10.2. The number of aliphatic hydroxyl groups is 1. The smallest absolute Gasteiger partial charge is 0.212 e. The van der Waals surface area contributed by atoms with E-state index in [9.17, 15) is 5.11 Å². The Hall–Kier alpha value is -1.59. The van der Waals surface area contributed by atoms with Crippen molar-refractivity contribution >= 4 is 11.6 Å². The van der Waals surface area contributed by atoms with Crippen LogP contribution in [0, 0.1) is 6.92 Å². The van der Waals surface area contributed by atoms with Gasteiger partial charge in [-0.25, -0.2) is 4.98 Å². The molecule has 2 aromatic rings. The molecule has 0 bridgehead atoms. The Morgan fingerprint density at radius 1 is 1.40 bits per heavy atom. The molecule has 1 atom stereocenters. The Labute approximate surface area is 123 Å². The highest BCUT2D eigenvalue weighted by molar-refractivity contribution is 6.31. The maximum absolute atomic E-state index is 10.2. The van der Waals surface area contributed by atoms with Crippen molar-refractivity contribution in [3.8, 4) is 5.88 Å². The van der Waals surface area contributed by atoms with E-state index in [0.29, 0.717) is 23.7 Å². The molecule has 6 heteroatoms. The number of pyridine rings is 1. The summed E-state index contributed by atoms with van der Waals surface area (Å²) in [5, 5.41) is 15.0. The number of methoxy groups -OCH3 is 1. The van der Waals surface area contributed by atoms with Crippen molar-refractivity contribution < 1.29 is 9.84 Å². The zero-order chi connectivity index (χ0) is 14.7. The summed E-state index contributed by atoms with van der Waals surface area (Å²) in [6.07, 6.45) is 2.15. The highest BCUT2D eigenvalue weighted by atomic mass is 35.5. The van der Waals surface area contributed by atoms with Crippen LogP contribution < -0.4 is 4.74 Å². The van der Waals surface area contributed by atoms with E-state index < -0.39 is 6.10 Å². The number of aryl methyl sites for hydroxylation is 2. The van der Waals surface area contributed by atoms with Crippen LogP contribution in [0.4, 0.5) is 0 Å². The summed E-state index contributed by atoms with van der Waals surface area (Å²) < 4.78 is 6.72. The Kier molecular flexibility index (Phi) is 4.62. The van der Waals surface area contributed by atoms with E-state index in [4.69, 9.17) is 16.3 Å². The largest absolute Gasteiger partial charge is 0.481 e. The fraction of sp³-hybridized carbons (Fsp3) is 0.429. The lowest BCUT2D eigenvalue weighted by molar-refractivity contribution is 0.172. The number of nitrogens with zero attached hydrogens (tertiary/aromatic N) is 3. The van der Waals surface area contributed by atoms with Crippen LogP contribution in [-0.4, -0.2) is 33.1 Å². The van der Waals surface area contributed by atoms with Gasteiger partial charge in [0.05, 0.1) is 29.6 Å². The summed E-state index contributed by atoms with van der Waals surface area (Å²) in [5.74, 6) is 0.563. The SMILES string of the molecule is COc1ccc(CC(O)Cc2c(Cl)c(C)nn2C)cn1. The summed E-state index contributed by atoms with van der Waals surface area (Å²) >= 11 is 6.18. The molecule has 0 aromatic carbocycles. The third kappa shape index (κ3) is 3.29. The van der Waals surface area contributed by atoms with E-state index in [1.165, 1.54) is 0 Å². The minimum absolute atomic E-state index is 0.461. The van der Waals surface area contributed by atoms with Gasteiger partial charge in [-0.2, -0.15) is 5.10 Å². The highest BCUT2D eigenvalue weighted by Crippen LogP contribution is 2.21. The summed E-state index contributed by atoms with van der Waals surface area (Å²) in [6, 6.07) is 3.68. The summed E-state index contributed by atoms with van der Waals surface area (Å²) in [6.45, 7) is 1.85. The Morgan fingerprint density at radius 2 is 2.15 bits per heavy atom. The number of hydrogen-bond donors (Lipinski definition) is 1. The molecule has 0 saturated heterocycles. The second-order valence-electron chi connectivity index (χ2n) is 4.74. The van der Waals surface area contributed by atoms with Crippen LogP contribution in [0.2, 0.25) is 5.02 Å². The predicted molar refractivity (Wildman–Crippen MR) is 77.2 cm³/mol. The third-order valence-electron chi connectivity index (χ3n) is 3.17. The molecule has 0 spiro atoms. The van der Waals surface area contributed by atoms with Gasteiger partial charge in [0.25, 0.3) is 0 Å². The molecule has 0 saturated carbocycles. The second-order valence-corrected chi connectivity index (χ2v) is 5.12. The Bertz CT molecular complexity index is 581. The minimum Gasteiger partial charge on any atom is -0.481 e. The standard InChI is InChI=1S/C14H18ClN3O2/c1-9-14(15)12(18(2)17-9)7-11(19)6-10-4-5-13(20-3)16-8-10/h4-5,8,11,19H,6-7H2,1-3H3. The third-order valence-corrected chi connectivity index (χ3v) is 3.66. The van der Waals surface area contributed by atoms with Crippen molar-refractivity contribution in [1.82, 2.24) is 14.8 Å². The molecule has 5 nitrogen and oxygen atoms in total. The van der Waals surface area contributed by atoms with Gasteiger partial charge < -0.3 is 9.84 Å². The van der Waals surface area contributed by atoms with Crippen LogP contribution >= 0.6 is 11.6 Å². The Morgan fingerprint density at radius 3 is 2.65 bits per heavy atom. The van der Waals surface area contributed by atoms with Gasteiger partial charge in [0.1, 0.15) is 0 Å². The average molecular weight is 296 g/mol. The molecule has 2 heterocycles. The van der Waals surface area contributed by atoms with Crippen molar-refractivity contribution in [3.05, 3.63) is 40.3 Å². The predicted octanol–water partition coefficient (Wildman–Crippen LogP) is 1.93. The Balaban J connectivity index is 2.02. The van der Waals surface area contributed by atoms with E-state index in [1.807, 2.05) is 20.0 Å². The number of rotatable bonds is 5. The van der Waals surface area contributed by atoms with Crippen LogP contribution in [0.5, 0.6) is 5.88 Å². The van der Waals surface area contributed by atoms with Gasteiger partial charge >= 0.3 is 0 Å². The van der Waals surface area contributed by atoms with Gasteiger partial charge in [0, 0.05) is 32.2 Å². The van der Waals surface area contributed by atoms with E-state index in [2.05, 4.69) is 10.1 Å². The molecule has 0 aliphatic heterocycles. The van der Waals surface area contributed by atoms with Crippen LogP contribution in [0.15, 0.2) is 18.3 Å². The molecule has 1 unspecified atom stereocenters. The quantitative estimate of drug-likeness (QED) is 0.916. The first-order valence-corrected chi connectivity index (χ1v) is 6.74. The van der Waals surface area contributed by atoms with Gasteiger partial charge in [-0.15, -0.1) is 0 Å². The van der Waals surface area contributed by atoms with Gasteiger partial charge in [0.2, 0.25) is 5.88 Å². The molecule has 0 amide bonds. The van der Waals surface area contributed by atoms with E-state index in [1.54, 1.807) is 24.1 Å². The highest BCUT2D eigenvalue weighted by Gasteiger charge is 2.16. The van der Waals surface area contributed by atoms with Crippen molar-refractivity contribution in [2.45, 2.75) is 25.9 Å². The topological polar surface area (TPSA) is 60.2 Å². The molecule has 20 heavy (non-hydrogen) atoms.